The van der Waals surface area contributed by atoms with Crippen molar-refractivity contribution in [3.63, 3.8) is 0 Å². The first-order valence-corrected chi connectivity index (χ1v) is 4.31. The van der Waals surface area contributed by atoms with Crippen LogP contribution in [0.5, 0.6) is 0 Å². The molecule has 0 amide bonds. The van der Waals surface area contributed by atoms with Crippen LogP contribution in [0.2, 0.25) is 0 Å². The molecule has 0 aliphatic rings. The fraction of sp³-hybridized carbons (Fsp3) is 0.182. The standard InChI is InChI=1S/C11H12FNO/c1-8-6-11(13)10(12)7-9(8)4-2-3-5-14/h2,4-7H,3,13H2,1H3. The number of benzene rings is 1. The Balaban J connectivity index is 2.97. The van der Waals surface area contributed by atoms with E-state index in [4.69, 9.17) is 5.73 Å². The summed E-state index contributed by atoms with van der Waals surface area (Å²) < 4.78 is 13.0. The van der Waals surface area contributed by atoms with Gasteiger partial charge in [0.2, 0.25) is 0 Å². The number of allylic oxidation sites excluding steroid dienone is 1. The third-order valence-corrected chi connectivity index (χ3v) is 1.92. The van der Waals surface area contributed by atoms with Crippen LogP contribution in [0.1, 0.15) is 17.5 Å². The van der Waals surface area contributed by atoms with Crippen LogP contribution in [-0.2, 0) is 4.79 Å². The summed E-state index contributed by atoms with van der Waals surface area (Å²) in [6.07, 6.45) is 4.53. The van der Waals surface area contributed by atoms with E-state index in [1.807, 2.05) is 6.92 Å². The molecule has 0 saturated carbocycles. The van der Waals surface area contributed by atoms with Crippen LogP contribution in [0.4, 0.5) is 10.1 Å². The van der Waals surface area contributed by atoms with Crippen LogP contribution >= 0.6 is 0 Å². The van der Waals surface area contributed by atoms with E-state index in [1.165, 1.54) is 6.07 Å². The van der Waals surface area contributed by atoms with Gasteiger partial charge < -0.3 is 10.5 Å². The maximum atomic E-state index is 13.0. The second kappa shape index (κ2) is 4.56. The summed E-state index contributed by atoms with van der Waals surface area (Å²) in [5.41, 5.74) is 7.18. The van der Waals surface area contributed by atoms with Gasteiger partial charge in [0.05, 0.1) is 5.69 Å². The van der Waals surface area contributed by atoms with Crippen molar-refractivity contribution in [2.75, 3.05) is 5.73 Å². The molecule has 74 valence electrons. The van der Waals surface area contributed by atoms with Gasteiger partial charge in [0.1, 0.15) is 12.1 Å². The highest BCUT2D eigenvalue weighted by Gasteiger charge is 2.01. The Labute approximate surface area is 82.2 Å². The Morgan fingerprint density at radius 2 is 2.21 bits per heavy atom. The third kappa shape index (κ3) is 2.42. The molecule has 0 aliphatic heterocycles. The van der Waals surface area contributed by atoms with Crippen molar-refractivity contribution in [2.45, 2.75) is 13.3 Å². The number of aryl methyl sites for hydroxylation is 1. The van der Waals surface area contributed by atoms with Gasteiger partial charge in [-0.25, -0.2) is 4.39 Å². The number of rotatable bonds is 3. The number of carbonyl (C=O) groups excluding carboxylic acids is 1. The molecule has 0 atom stereocenters. The summed E-state index contributed by atoms with van der Waals surface area (Å²) in [4.78, 5) is 10.1. The monoisotopic (exact) mass is 193 g/mol. The molecule has 2 N–H and O–H groups in total. The number of carbonyl (C=O) groups is 1. The van der Waals surface area contributed by atoms with Crippen molar-refractivity contribution in [3.8, 4) is 0 Å². The summed E-state index contributed by atoms with van der Waals surface area (Å²) >= 11 is 0. The molecule has 0 heterocycles. The SMILES string of the molecule is Cc1cc(N)c(F)cc1C=CCC=O. The number of anilines is 1. The van der Waals surface area contributed by atoms with Gasteiger partial charge in [0.15, 0.2) is 0 Å². The predicted molar refractivity (Wildman–Crippen MR) is 55.3 cm³/mol. The molecule has 0 radical (unpaired) electrons. The first-order chi connectivity index (χ1) is 6.65. The molecule has 0 unspecified atom stereocenters. The Kier molecular flexibility index (Phi) is 3.40. The van der Waals surface area contributed by atoms with Gasteiger partial charge in [-0.2, -0.15) is 0 Å². The van der Waals surface area contributed by atoms with Gasteiger partial charge in [0, 0.05) is 6.42 Å². The topological polar surface area (TPSA) is 43.1 Å². The minimum absolute atomic E-state index is 0.148. The second-order valence-corrected chi connectivity index (χ2v) is 3.04. The number of nitrogen functional groups attached to an aromatic ring is 1. The van der Waals surface area contributed by atoms with Gasteiger partial charge in [-0.05, 0) is 30.2 Å². The smallest absolute Gasteiger partial charge is 0.146 e. The zero-order valence-electron chi connectivity index (χ0n) is 7.96. The quantitative estimate of drug-likeness (QED) is 0.591. The number of hydrogen-bond acceptors (Lipinski definition) is 2. The molecule has 0 bridgehead atoms. The molecule has 0 spiro atoms. The average Bonchev–Trinajstić information content (AvgIpc) is 2.14. The molecule has 14 heavy (non-hydrogen) atoms. The molecule has 0 saturated heterocycles. The summed E-state index contributed by atoms with van der Waals surface area (Å²) in [5, 5.41) is 0. The fourth-order valence-electron chi connectivity index (χ4n) is 1.15. The van der Waals surface area contributed by atoms with Crippen LogP contribution in [0, 0.1) is 12.7 Å². The van der Waals surface area contributed by atoms with Crippen molar-refractivity contribution in [2.24, 2.45) is 0 Å². The van der Waals surface area contributed by atoms with E-state index >= 15 is 0 Å². The van der Waals surface area contributed by atoms with E-state index in [-0.39, 0.29) is 5.69 Å². The first kappa shape index (κ1) is 10.4. The molecule has 3 heteroatoms. The summed E-state index contributed by atoms with van der Waals surface area (Å²) in [7, 11) is 0. The molecule has 2 nitrogen and oxygen atoms in total. The third-order valence-electron chi connectivity index (χ3n) is 1.92. The maximum absolute atomic E-state index is 13.0. The Hall–Kier alpha value is -1.64. The van der Waals surface area contributed by atoms with Gasteiger partial charge >= 0.3 is 0 Å². The van der Waals surface area contributed by atoms with Gasteiger partial charge in [-0.15, -0.1) is 0 Å². The molecule has 0 aromatic heterocycles. The zero-order valence-corrected chi connectivity index (χ0v) is 7.96. The average molecular weight is 193 g/mol. The number of halogens is 1. The highest BCUT2D eigenvalue weighted by atomic mass is 19.1. The largest absolute Gasteiger partial charge is 0.396 e. The lowest BCUT2D eigenvalue weighted by molar-refractivity contribution is -0.107. The van der Waals surface area contributed by atoms with Crippen LogP contribution in [-0.4, -0.2) is 6.29 Å². The van der Waals surface area contributed by atoms with Gasteiger partial charge in [0.25, 0.3) is 0 Å². The van der Waals surface area contributed by atoms with E-state index in [9.17, 15) is 9.18 Å². The number of nitrogens with two attached hydrogens (primary N) is 1. The lowest BCUT2D eigenvalue weighted by Gasteiger charge is -2.03. The minimum atomic E-state index is -0.429. The molecule has 1 aromatic rings. The minimum Gasteiger partial charge on any atom is -0.396 e. The summed E-state index contributed by atoms with van der Waals surface area (Å²) in [6, 6.07) is 2.95. The van der Waals surface area contributed by atoms with E-state index in [2.05, 4.69) is 0 Å². The van der Waals surface area contributed by atoms with Gasteiger partial charge in [-0.3, -0.25) is 0 Å². The Morgan fingerprint density at radius 3 is 2.86 bits per heavy atom. The highest BCUT2D eigenvalue weighted by molar-refractivity contribution is 5.61. The summed E-state index contributed by atoms with van der Waals surface area (Å²) in [6.45, 7) is 1.84. The molecular weight excluding hydrogens is 181 g/mol. The molecule has 1 aromatic carbocycles. The van der Waals surface area contributed by atoms with E-state index in [1.54, 1.807) is 18.2 Å². The number of aldehydes is 1. The summed E-state index contributed by atoms with van der Waals surface area (Å²) in [5.74, 6) is -0.429. The number of hydrogen-bond donors (Lipinski definition) is 1. The van der Waals surface area contributed by atoms with Crippen LogP contribution in [0.25, 0.3) is 6.08 Å². The Morgan fingerprint density at radius 1 is 1.50 bits per heavy atom. The lowest BCUT2D eigenvalue weighted by Crippen LogP contribution is -1.93. The van der Waals surface area contributed by atoms with Crippen molar-refractivity contribution < 1.29 is 9.18 Å². The van der Waals surface area contributed by atoms with E-state index in [0.29, 0.717) is 6.42 Å². The van der Waals surface area contributed by atoms with E-state index < -0.39 is 5.82 Å². The molecule has 0 aliphatic carbocycles. The second-order valence-electron chi connectivity index (χ2n) is 3.04. The molecule has 1 rings (SSSR count). The van der Waals surface area contributed by atoms with Crippen LogP contribution < -0.4 is 5.73 Å². The maximum Gasteiger partial charge on any atom is 0.146 e. The van der Waals surface area contributed by atoms with E-state index in [0.717, 1.165) is 17.4 Å². The normalized spacial score (nSPS) is 10.7. The van der Waals surface area contributed by atoms with Crippen LogP contribution in [0.3, 0.4) is 0 Å². The lowest BCUT2D eigenvalue weighted by atomic mass is 10.1. The Bertz CT molecular complexity index is 372. The highest BCUT2D eigenvalue weighted by Crippen LogP contribution is 2.18. The van der Waals surface area contributed by atoms with Crippen molar-refractivity contribution in [1.29, 1.82) is 0 Å². The molecular formula is C11H12FNO. The first-order valence-electron chi connectivity index (χ1n) is 4.31. The van der Waals surface area contributed by atoms with Crippen molar-refractivity contribution in [1.82, 2.24) is 0 Å². The van der Waals surface area contributed by atoms with Gasteiger partial charge in [-0.1, -0.05) is 12.2 Å². The van der Waals surface area contributed by atoms with Crippen molar-refractivity contribution >= 4 is 18.0 Å². The zero-order chi connectivity index (χ0) is 10.6. The van der Waals surface area contributed by atoms with Crippen LogP contribution in [0.15, 0.2) is 18.2 Å². The fourth-order valence-corrected chi connectivity index (χ4v) is 1.15. The van der Waals surface area contributed by atoms with Crippen molar-refractivity contribution in [3.05, 3.63) is 35.2 Å². The molecule has 0 fully saturated rings. The predicted octanol–water partition coefficient (Wildman–Crippen LogP) is 2.32.